The van der Waals surface area contributed by atoms with E-state index in [1.165, 1.54) is 11.3 Å². The highest BCUT2D eigenvalue weighted by atomic mass is 32.1. The van der Waals surface area contributed by atoms with Crippen molar-refractivity contribution in [2.24, 2.45) is 5.92 Å². The summed E-state index contributed by atoms with van der Waals surface area (Å²) in [7, 11) is 0. The number of hydrogen-bond donors (Lipinski definition) is 2. The van der Waals surface area contributed by atoms with Crippen LogP contribution < -0.4 is 10.6 Å². The number of rotatable bonds is 5. The Morgan fingerprint density at radius 3 is 2.77 bits per heavy atom. The number of aromatic nitrogens is 3. The van der Waals surface area contributed by atoms with Gasteiger partial charge in [-0.1, -0.05) is 6.07 Å². The molecule has 2 amide bonds. The molecule has 0 saturated heterocycles. The molecule has 4 aromatic rings. The van der Waals surface area contributed by atoms with Gasteiger partial charge in [0.15, 0.2) is 0 Å². The van der Waals surface area contributed by atoms with Crippen LogP contribution in [-0.2, 0) is 4.79 Å². The van der Waals surface area contributed by atoms with Crippen LogP contribution in [0.1, 0.15) is 27.5 Å². The average molecular weight is 417 g/mol. The van der Waals surface area contributed by atoms with E-state index < -0.39 is 0 Å². The van der Waals surface area contributed by atoms with Gasteiger partial charge in [0.25, 0.3) is 5.91 Å². The van der Waals surface area contributed by atoms with Gasteiger partial charge >= 0.3 is 0 Å². The molecule has 1 saturated carbocycles. The van der Waals surface area contributed by atoms with Crippen LogP contribution in [-0.4, -0.2) is 26.3 Å². The lowest BCUT2D eigenvalue weighted by Gasteiger charge is -2.10. The first-order valence-electron chi connectivity index (χ1n) is 9.69. The Hall–Kier alpha value is -3.52. The lowest BCUT2D eigenvalue weighted by Crippen LogP contribution is -2.14. The van der Waals surface area contributed by atoms with E-state index >= 15 is 0 Å². The third-order valence-corrected chi connectivity index (χ3v) is 5.96. The van der Waals surface area contributed by atoms with Crippen LogP contribution in [0.25, 0.3) is 16.6 Å². The molecule has 0 aliphatic heterocycles. The second kappa shape index (κ2) is 7.38. The predicted molar refractivity (Wildman–Crippen MR) is 117 cm³/mol. The number of amides is 2. The normalized spacial score (nSPS) is 13.4. The molecule has 1 aromatic carbocycles. The highest BCUT2D eigenvalue weighted by Crippen LogP contribution is 2.31. The van der Waals surface area contributed by atoms with Crippen molar-refractivity contribution >= 4 is 45.6 Å². The van der Waals surface area contributed by atoms with Crippen molar-refractivity contribution < 1.29 is 9.59 Å². The van der Waals surface area contributed by atoms with Gasteiger partial charge in [0, 0.05) is 29.8 Å². The Labute approximate surface area is 176 Å². The second-order valence-corrected chi connectivity index (χ2v) is 8.52. The van der Waals surface area contributed by atoms with Crippen LogP contribution in [0.5, 0.6) is 0 Å². The van der Waals surface area contributed by atoms with Gasteiger partial charge in [-0.15, -0.1) is 11.3 Å². The van der Waals surface area contributed by atoms with E-state index in [4.69, 9.17) is 0 Å². The van der Waals surface area contributed by atoms with Gasteiger partial charge in [0.1, 0.15) is 10.7 Å². The van der Waals surface area contributed by atoms with Crippen molar-refractivity contribution in [3.05, 3.63) is 64.9 Å². The predicted octanol–water partition coefficient (Wildman–Crippen LogP) is 4.39. The number of nitrogens with one attached hydrogen (secondary N) is 2. The first-order chi connectivity index (χ1) is 14.6. The lowest BCUT2D eigenvalue weighted by atomic mass is 10.2. The largest absolute Gasteiger partial charge is 0.321 e. The summed E-state index contributed by atoms with van der Waals surface area (Å²) in [5.41, 5.74) is 2.56. The van der Waals surface area contributed by atoms with Crippen LogP contribution in [0.2, 0.25) is 0 Å². The Balaban J connectivity index is 1.44. The number of thiazole rings is 1. The summed E-state index contributed by atoms with van der Waals surface area (Å²) >= 11 is 1.37. The molecule has 5 rings (SSSR count). The molecule has 8 heteroatoms. The second-order valence-electron chi connectivity index (χ2n) is 7.28. The smallest absolute Gasteiger partial charge is 0.267 e. The van der Waals surface area contributed by atoms with Gasteiger partial charge in [-0.05, 0) is 44.0 Å². The van der Waals surface area contributed by atoms with Crippen molar-refractivity contribution in [2.75, 3.05) is 10.6 Å². The minimum Gasteiger partial charge on any atom is -0.321 e. The fourth-order valence-corrected chi connectivity index (χ4v) is 4.04. The molecule has 3 heterocycles. The number of fused-ring (bicyclic) bond motifs is 1. The van der Waals surface area contributed by atoms with Gasteiger partial charge in [-0.3, -0.25) is 9.59 Å². The first-order valence-corrected chi connectivity index (χ1v) is 10.5. The maximum absolute atomic E-state index is 12.6. The topological polar surface area (TPSA) is 88.9 Å². The Morgan fingerprint density at radius 2 is 2.00 bits per heavy atom. The number of benzene rings is 1. The summed E-state index contributed by atoms with van der Waals surface area (Å²) in [5, 5.41) is 7.65. The van der Waals surface area contributed by atoms with E-state index in [1.54, 1.807) is 12.4 Å². The molecule has 1 fully saturated rings. The van der Waals surface area contributed by atoms with E-state index in [0.717, 1.165) is 40.1 Å². The summed E-state index contributed by atoms with van der Waals surface area (Å²) < 4.78 is 2.01. The molecule has 0 unspecified atom stereocenters. The molecular weight excluding hydrogens is 398 g/mol. The number of pyridine rings is 1. The van der Waals surface area contributed by atoms with Gasteiger partial charge in [-0.25, -0.2) is 9.97 Å². The van der Waals surface area contributed by atoms with E-state index in [1.807, 2.05) is 54.1 Å². The number of anilines is 2. The minimum atomic E-state index is -0.171. The zero-order chi connectivity index (χ0) is 20.7. The van der Waals surface area contributed by atoms with Crippen molar-refractivity contribution in [1.82, 2.24) is 14.5 Å². The Bertz CT molecular complexity index is 1270. The third-order valence-electron chi connectivity index (χ3n) is 5.05. The summed E-state index contributed by atoms with van der Waals surface area (Å²) in [6.07, 6.45) is 7.11. The third kappa shape index (κ3) is 3.57. The van der Waals surface area contributed by atoms with E-state index in [-0.39, 0.29) is 17.7 Å². The standard InChI is InChI=1S/C22H19N5O2S/c1-13-24-12-19(30-13)22(29)25-17-3-2-4-18-16(17)8-10-27(18)15-7-9-23-20(11-15)26-21(28)14-5-6-14/h2-4,7-12,14H,5-6H2,1H3,(H,25,29)(H,23,26,28). The first kappa shape index (κ1) is 18.5. The maximum Gasteiger partial charge on any atom is 0.267 e. The quantitative estimate of drug-likeness (QED) is 0.504. The minimum absolute atomic E-state index is 0.0281. The number of nitrogens with zero attached hydrogens (tertiary/aromatic N) is 3. The molecule has 0 spiro atoms. The fraction of sp³-hybridized carbons (Fsp3) is 0.182. The Morgan fingerprint density at radius 1 is 1.13 bits per heavy atom. The molecule has 0 atom stereocenters. The molecule has 1 aliphatic rings. The van der Waals surface area contributed by atoms with Crippen molar-refractivity contribution in [1.29, 1.82) is 0 Å². The number of carbonyl (C=O) groups is 2. The maximum atomic E-state index is 12.6. The van der Waals surface area contributed by atoms with Crippen molar-refractivity contribution in [3.63, 3.8) is 0 Å². The van der Waals surface area contributed by atoms with E-state index in [2.05, 4.69) is 20.6 Å². The molecular formula is C22H19N5O2S. The number of hydrogen-bond acceptors (Lipinski definition) is 5. The van der Waals surface area contributed by atoms with Gasteiger partial charge < -0.3 is 15.2 Å². The molecule has 7 nitrogen and oxygen atoms in total. The van der Waals surface area contributed by atoms with Crippen LogP contribution >= 0.6 is 11.3 Å². The van der Waals surface area contributed by atoms with Crippen LogP contribution in [0.4, 0.5) is 11.5 Å². The van der Waals surface area contributed by atoms with E-state index in [0.29, 0.717) is 10.7 Å². The van der Waals surface area contributed by atoms with Gasteiger partial charge in [0.05, 0.1) is 28.1 Å². The van der Waals surface area contributed by atoms with Crippen LogP contribution in [0.3, 0.4) is 0 Å². The summed E-state index contributed by atoms with van der Waals surface area (Å²) in [4.78, 5) is 33.6. The fourth-order valence-electron chi connectivity index (χ4n) is 3.36. The zero-order valence-electron chi connectivity index (χ0n) is 16.3. The molecule has 1 aliphatic carbocycles. The van der Waals surface area contributed by atoms with Crippen LogP contribution in [0.15, 0.2) is 55.0 Å². The summed E-state index contributed by atoms with van der Waals surface area (Å²) in [5.74, 6) is 0.516. The SMILES string of the molecule is Cc1ncc(C(=O)Nc2cccc3c2ccn3-c2ccnc(NC(=O)C3CC3)c2)s1. The monoisotopic (exact) mass is 417 g/mol. The van der Waals surface area contributed by atoms with Crippen molar-refractivity contribution in [3.8, 4) is 5.69 Å². The average Bonchev–Trinajstić information content (AvgIpc) is 3.36. The highest BCUT2D eigenvalue weighted by Gasteiger charge is 2.29. The molecule has 0 radical (unpaired) electrons. The number of aryl methyl sites for hydroxylation is 1. The molecule has 0 bridgehead atoms. The Kier molecular flexibility index (Phi) is 4.55. The van der Waals surface area contributed by atoms with Crippen molar-refractivity contribution in [2.45, 2.75) is 19.8 Å². The molecule has 30 heavy (non-hydrogen) atoms. The molecule has 3 aromatic heterocycles. The molecule has 150 valence electrons. The highest BCUT2D eigenvalue weighted by molar-refractivity contribution is 7.13. The van der Waals surface area contributed by atoms with Gasteiger partial charge in [0.2, 0.25) is 5.91 Å². The lowest BCUT2D eigenvalue weighted by molar-refractivity contribution is -0.117. The van der Waals surface area contributed by atoms with E-state index in [9.17, 15) is 9.59 Å². The number of carbonyl (C=O) groups excluding carboxylic acids is 2. The summed E-state index contributed by atoms with van der Waals surface area (Å²) in [6.45, 7) is 1.87. The van der Waals surface area contributed by atoms with Crippen LogP contribution in [0, 0.1) is 12.8 Å². The molecule has 2 N–H and O–H groups in total. The summed E-state index contributed by atoms with van der Waals surface area (Å²) in [6, 6.07) is 11.5. The zero-order valence-corrected chi connectivity index (χ0v) is 17.1. The van der Waals surface area contributed by atoms with Gasteiger partial charge in [-0.2, -0.15) is 0 Å².